The third-order valence-electron chi connectivity index (χ3n) is 3.34. The minimum Gasteiger partial charge on any atom is -0.493 e. The SMILES string of the molecule is CCCCCCOc1c(C)cccc1CNCCOC. The Kier molecular flexibility index (Phi) is 9.09. The molecule has 20 heavy (non-hydrogen) atoms. The molecule has 0 bridgehead atoms. The topological polar surface area (TPSA) is 30.5 Å². The minimum atomic E-state index is 0.735. The van der Waals surface area contributed by atoms with Gasteiger partial charge in [-0.3, -0.25) is 0 Å². The summed E-state index contributed by atoms with van der Waals surface area (Å²) in [5.41, 5.74) is 2.45. The fraction of sp³-hybridized carbons (Fsp3) is 0.647. The first-order valence-corrected chi connectivity index (χ1v) is 7.70. The minimum absolute atomic E-state index is 0.735. The first-order valence-electron chi connectivity index (χ1n) is 7.70. The quantitative estimate of drug-likeness (QED) is 0.627. The van der Waals surface area contributed by atoms with E-state index in [9.17, 15) is 0 Å². The number of methoxy groups -OCH3 is 1. The van der Waals surface area contributed by atoms with Gasteiger partial charge in [0, 0.05) is 25.8 Å². The molecule has 0 aromatic heterocycles. The normalized spacial score (nSPS) is 10.8. The zero-order chi connectivity index (χ0) is 14.6. The van der Waals surface area contributed by atoms with E-state index in [0.29, 0.717) is 0 Å². The van der Waals surface area contributed by atoms with Crippen LogP contribution in [0.25, 0.3) is 0 Å². The predicted molar refractivity (Wildman–Crippen MR) is 84.4 cm³/mol. The Morgan fingerprint density at radius 1 is 1.10 bits per heavy atom. The van der Waals surface area contributed by atoms with Gasteiger partial charge in [0.25, 0.3) is 0 Å². The average Bonchev–Trinajstić information content (AvgIpc) is 2.45. The molecule has 0 atom stereocenters. The fourth-order valence-electron chi connectivity index (χ4n) is 2.16. The Balaban J connectivity index is 2.45. The molecular weight excluding hydrogens is 250 g/mol. The molecule has 0 aliphatic heterocycles. The summed E-state index contributed by atoms with van der Waals surface area (Å²) < 4.78 is 11.0. The van der Waals surface area contributed by atoms with Crippen LogP contribution in [0.2, 0.25) is 0 Å². The second kappa shape index (κ2) is 10.7. The van der Waals surface area contributed by atoms with Gasteiger partial charge >= 0.3 is 0 Å². The second-order valence-electron chi connectivity index (χ2n) is 5.14. The van der Waals surface area contributed by atoms with Crippen molar-refractivity contribution in [2.75, 3.05) is 26.9 Å². The molecule has 0 saturated carbocycles. The summed E-state index contributed by atoms with van der Waals surface area (Å²) >= 11 is 0. The highest BCUT2D eigenvalue weighted by molar-refractivity contribution is 5.40. The molecule has 0 fully saturated rings. The van der Waals surface area contributed by atoms with Gasteiger partial charge in [-0.15, -0.1) is 0 Å². The van der Waals surface area contributed by atoms with Crippen molar-refractivity contribution >= 4 is 0 Å². The van der Waals surface area contributed by atoms with Crippen LogP contribution in [0.3, 0.4) is 0 Å². The molecule has 0 aliphatic rings. The third kappa shape index (κ3) is 6.40. The molecule has 1 aromatic carbocycles. The summed E-state index contributed by atoms with van der Waals surface area (Å²) in [5, 5.41) is 3.38. The maximum absolute atomic E-state index is 6.00. The number of para-hydroxylation sites is 1. The van der Waals surface area contributed by atoms with Crippen molar-refractivity contribution in [2.45, 2.75) is 46.1 Å². The molecule has 3 heteroatoms. The molecule has 3 nitrogen and oxygen atoms in total. The Morgan fingerprint density at radius 2 is 1.95 bits per heavy atom. The van der Waals surface area contributed by atoms with Crippen molar-refractivity contribution < 1.29 is 9.47 Å². The van der Waals surface area contributed by atoms with Gasteiger partial charge in [0.2, 0.25) is 0 Å². The number of hydrogen-bond donors (Lipinski definition) is 1. The van der Waals surface area contributed by atoms with Gasteiger partial charge in [-0.25, -0.2) is 0 Å². The lowest BCUT2D eigenvalue weighted by atomic mass is 10.1. The summed E-state index contributed by atoms with van der Waals surface area (Å²) in [6, 6.07) is 6.33. The molecule has 0 spiro atoms. The lowest BCUT2D eigenvalue weighted by molar-refractivity contribution is 0.199. The smallest absolute Gasteiger partial charge is 0.126 e. The first kappa shape index (κ1) is 17.0. The largest absolute Gasteiger partial charge is 0.493 e. The standard InChI is InChI=1S/C17H29NO2/c1-4-5-6-7-12-20-17-15(2)9-8-10-16(17)14-18-11-13-19-3/h8-10,18H,4-7,11-14H2,1-3H3. The van der Waals surface area contributed by atoms with Crippen LogP contribution in [0.15, 0.2) is 18.2 Å². The highest BCUT2D eigenvalue weighted by Crippen LogP contribution is 2.23. The summed E-state index contributed by atoms with van der Waals surface area (Å²) in [4.78, 5) is 0. The van der Waals surface area contributed by atoms with E-state index in [1.54, 1.807) is 7.11 Å². The number of benzene rings is 1. The lowest BCUT2D eigenvalue weighted by Gasteiger charge is -2.14. The number of rotatable bonds is 11. The summed E-state index contributed by atoms with van der Waals surface area (Å²) in [5.74, 6) is 1.05. The van der Waals surface area contributed by atoms with Crippen LogP contribution < -0.4 is 10.1 Å². The first-order chi connectivity index (χ1) is 9.79. The van der Waals surface area contributed by atoms with Crippen LogP contribution in [0.1, 0.15) is 43.7 Å². The number of aryl methyl sites for hydroxylation is 1. The zero-order valence-electron chi connectivity index (χ0n) is 13.2. The van der Waals surface area contributed by atoms with Crippen molar-refractivity contribution in [3.8, 4) is 5.75 Å². The van der Waals surface area contributed by atoms with Crippen molar-refractivity contribution in [2.24, 2.45) is 0 Å². The molecular formula is C17H29NO2. The molecule has 1 N–H and O–H groups in total. The summed E-state index contributed by atoms with van der Waals surface area (Å²) in [7, 11) is 1.72. The van der Waals surface area contributed by atoms with Crippen LogP contribution in [-0.2, 0) is 11.3 Å². The molecule has 0 aliphatic carbocycles. The van der Waals surface area contributed by atoms with E-state index >= 15 is 0 Å². The van der Waals surface area contributed by atoms with Crippen molar-refractivity contribution in [3.05, 3.63) is 29.3 Å². The Hall–Kier alpha value is -1.06. The average molecular weight is 279 g/mol. The van der Waals surface area contributed by atoms with Gasteiger partial charge < -0.3 is 14.8 Å². The molecule has 0 amide bonds. The summed E-state index contributed by atoms with van der Waals surface area (Å²) in [6.07, 6.45) is 4.95. The van der Waals surface area contributed by atoms with E-state index in [2.05, 4.69) is 37.4 Å². The van der Waals surface area contributed by atoms with Crippen LogP contribution in [0, 0.1) is 6.92 Å². The van der Waals surface area contributed by atoms with E-state index in [-0.39, 0.29) is 0 Å². The maximum atomic E-state index is 6.00. The highest BCUT2D eigenvalue weighted by atomic mass is 16.5. The molecule has 1 aromatic rings. The van der Waals surface area contributed by atoms with E-state index in [0.717, 1.165) is 38.5 Å². The Bertz CT molecular complexity index is 366. The molecule has 114 valence electrons. The van der Waals surface area contributed by atoms with Crippen molar-refractivity contribution in [1.29, 1.82) is 0 Å². The maximum Gasteiger partial charge on any atom is 0.126 e. The molecule has 0 heterocycles. The fourth-order valence-corrected chi connectivity index (χ4v) is 2.16. The van der Waals surface area contributed by atoms with Gasteiger partial charge in [-0.1, -0.05) is 44.4 Å². The number of hydrogen-bond acceptors (Lipinski definition) is 3. The predicted octanol–water partition coefficient (Wildman–Crippen LogP) is 3.69. The van der Waals surface area contributed by atoms with E-state index in [1.807, 2.05) is 0 Å². The molecule has 0 unspecified atom stereocenters. The molecule has 0 saturated heterocycles. The highest BCUT2D eigenvalue weighted by Gasteiger charge is 2.06. The van der Waals surface area contributed by atoms with Crippen LogP contribution in [0.5, 0.6) is 5.75 Å². The zero-order valence-corrected chi connectivity index (χ0v) is 13.2. The number of nitrogens with one attached hydrogen (secondary N) is 1. The van der Waals surface area contributed by atoms with Gasteiger partial charge in [0.15, 0.2) is 0 Å². The van der Waals surface area contributed by atoms with E-state index in [1.165, 1.54) is 30.4 Å². The van der Waals surface area contributed by atoms with E-state index in [4.69, 9.17) is 9.47 Å². The van der Waals surface area contributed by atoms with Gasteiger partial charge in [-0.05, 0) is 18.9 Å². The van der Waals surface area contributed by atoms with Crippen molar-refractivity contribution in [3.63, 3.8) is 0 Å². The second-order valence-corrected chi connectivity index (χ2v) is 5.14. The van der Waals surface area contributed by atoms with Crippen LogP contribution in [-0.4, -0.2) is 26.9 Å². The Morgan fingerprint density at radius 3 is 2.70 bits per heavy atom. The van der Waals surface area contributed by atoms with Gasteiger partial charge in [0.05, 0.1) is 13.2 Å². The third-order valence-corrected chi connectivity index (χ3v) is 3.34. The number of ether oxygens (including phenoxy) is 2. The Labute approximate surface area is 123 Å². The van der Waals surface area contributed by atoms with E-state index < -0.39 is 0 Å². The lowest BCUT2D eigenvalue weighted by Crippen LogP contribution is -2.19. The number of unbranched alkanes of at least 4 members (excludes halogenated alkanes) is 3. The van der Waals surface area contributed by atoms with Crippen LogP contribution >= 0.6 is 0 Å². The molecule has 0 radical (unpaired) electrons. The van der Waals surface area contributed by atoms with Crippen molar-refractivity contribution in [1.82, 2.24) is 5.32 Å². The summed E-state index contributed by atoms with van der Waals surface area (Å²) in [6.45, 7) is 7.58. The molecule has 1 rings (SSSR count). The van der Waals surface area contributed by atoms with Crippen LogP contribution in [0.4, 0.5) is 0 Å². The van der Waals surface area contributed by atoms with Gasteiger partial charge in [-0.2, -0.15) is 0 Å². The van der Waals surface area contributed by atoms with Gasteiger partial charge in [0.1, 0.15) is 5.75 Å². The monoisotopic (exact) mass is 279 g/mol.